The Hall–Kier alpha value is -2.82. The second kappa shape index (κ2) is 10.6. The van der Waals surface area contributed by atoms with Crippen LogP contribution in [0.25, 0.3) is 0 Å². The molecule has 1 saturated heterocycles. The fourth-order valence-electron chi connectivity index (χ4n) is 6.19. The largest absolute Gasteiger partial charge is 0.384 e. The van der Waals surface area contributed by atoms with E-state index < -0.39 is 5.92 Å². The van der Waals surface area contributed by atoms with Crippen molar-refractivity contribution in [3.05, 3.63) is 85.3 Å². The average molecular weight is 566 g/mol. The molecule has 1 fully saturated rings. The molecular weight excluding hydrogens is 531 g/mol. The first kappa shape index (κ1) is 27.7. The highest BCUT2D eigenvalue weighted by Crippen LogP contribution is 2.51. The van der Waals surface area contributed by atoms with E-state index in [0.717, 1.165) is 55.2 Å². The minimum atomic E-state index is -0.542. The lowest BCUT2D eigenvalue weighted by molar-refractivity contribution is -0.118. The third-order valence-corrected chi connectivity index (χ3v) is 8.58. The number of Topliss-reactive ketones (excluding diaryl/α,β-unsaturated/α-hetero) is 1. The molecule has 6 nitrogen and oxygen atoms in total. The number of nitriles is 1. The Bertz CT molecular complexity index is 1450. The predicted octanol–water partition coefficient (Wildman–Crippen LogP) is 6.38. The van der Waals surface area contributed by atoms with E-state index in [4.69, 9.17) is 33.7 Å². The summed E-state index contributed by atoms with van der Waals surface area (Å²) in [5, 5.41) is 11.4. The maximum absolute atomic E-state index is 14.0. The molecule has 2 aromatic carbocycles. The van der Waals surface area contributed by atoms with Crippen molar-refractivity contribution in [2.75, 3.05) is 31.2 Å². The standard InChI is InChI=1S/C31H34Cl2N4O2/c1-18-11-20(17-36-7-9-39-10-8-36)19(2)22(12-18)28-23(16-34)30(35)37(25-6-5-21(32)13-24(25)33)26-14-31(3,4)15-27(38)29(26)28/h5-6,11-13,28H,7-10,14-15,17,35H2,1-4H3/t28-/m0/s1. The van der Waals surface area contributed by atoms with Gasteiger partial charge in [-0.25, -0.2) is 0 Å². The molecule has 1 aliphatic carbocycles. The van der Waals surface area contributed by atoms with Gasteiger partial charge in [0.1, 0.15) is 5.82 Å². The van der Waals surface area contributed by atoms with Crippen LogP contribution in [0.1, 0.15) is 54.9 Å². The van der Waals surface area contributed by atoms with Gasteiger partial charge in [0.25, 0.3) is 0 Å². The minimum Gasteiger partial charge on any atom is -0.384 e. The number of rotatable bonds is 4. The second-order valence-corrected chi connectivity index (χ2v) is 12.4. The Labute approximate surface area is 240 Å². The third-order valence-electron chi connectivity index (χ3n) is 8.04. The van der Waals surface area contributed by atoms with Gasteiger partial charge in [-0.15, -0.1) is 0 Å². The van der Waals surface area contributed by atoms with Gasteiger partial charge in [0.2, 0.25) is 0 Å². The van der Waals surface area contributed by atoms with E-state index in [-0.39, 0.29) is 11.2 Å². The lowest BCUT2D eigenvalue weighted by atomic mass is 9.68. The van der Waals surface area contributed by atoms with E-state index in [9.17, 15) is 10.1 Å². The van der Waals surface area contributed by atoms with Gasteiger partial charge in [0.05, 0.1) is 41.5 Å². The average Bonchev–Trinajstić information content (AvgIpc) is 2.86. The fraction of sp³-hybridized carbons (Fsp3) is 0.419. The number of nitrogens with two attached hydrogens (primary N) is 1. The molecule has 2 aromatic rings. The molecule has 0 amide bonds. The Balaban J connectivity index is 1.72. The van der Waals surface area contributed by atoms with E-state index in [1.54, 1.807) is 18.2 Å². The van der Waals surface area contributed by atoms with Gasteiger partial charge in [-0.1, -0.05) is 54.7 Å². The van der Waals surface area contributed by atoms with Crippen LogP contribution in [0.2, 0.25) is 10.0 Å². The van der Waals surface area contributed by atoms with Gasteiger partial charge in [0.15, 0.2) is 5.78 Å². The summed E-state index contributed by atoms with van der Waals surface area (Å²) in [7, 11) is 0. The number of aryl methyl sites for hydroxylation is 1. The van der Waals surface area contributed by atoms with E-state index in [1.807, 2.05) is 4.90 Å². The molecule has 0 aromatic heterocycles. The molecule has 0 spiro atoms. The number of hydrogen-bond donors (Lipinski definition) is 1. The zero-order valence-corrected chi connectivity index (χ0v) is 24.4. The Morgan fingerprint density at radius 1 is 1.13 bits per heavy atom. The Morgan fingerprint density at radius 2 is 1.85 bits per heavy atom. The van der Waals surface area contributed by atoms with Crippen molar-refractivity contribution in [1.29, 1.82) is 5.26 Å². The highest BCUT2D eigenvalue weighted by molar-refractivity contribution is 6.36. The molecule has 3 aliphatic rings. The van der Waals surface area contributed by atoms with Crippen LogP contribution in [0, 0.1) is 30.6 Å². The van der Waals surface area contributed by atoms with E-state index in [0.29, 0.717) is 45.5 Å². The van der Waals surface area contributed by atoms with Crippen LogP contribution in [-0.2, 0) is 16.1 Å². The maximum atomic E-state index is 14.0. The molecule has 2 aliphatic heterocycles. The van der Waals surface area contributed by atoms with Gasteiger partial charge in [-0.3, -0.25) is 14.6 Å². The first-order chi connectivity index (χ1) is 18.5. The monoisotopic (exact) mass is 564 g/mol. The van der Waals surface area contributed by atoms with Crippen molar-refractivity contribution in [2.45, 2.75) is 53.0 Å². The Kier molecular flexibility index (Phi) is 7.56. The van der Waals surface area contributed by atoms with Crippen LogP contribution in [0.4, 0.5) is 5.69 Å². The number of nitrogens with zero attached hydrogens (tertiary/aromatic N) is 3. The fourth-order valence-corrected chi connectivity index (χ4v) is 6.68. The van der Waals surface area contributed by atoms with Gasteiger partial charge >= 0.3 is 0 Å². The number of anilines is 1. The number of halogens is 2. The van der Waals surface area contributed by atoms with Gasteiger partial charge < -0.3 is 10.5 Å². The first-order valence-corrected chi connectivity index (χ1v) is 14.1. The smallest absolute Gasteiger partial charge is 0.162 e. The van der Waals surface area contributed by atoms with Gasteiger partial charge in [-0.05, 0) is 60.6 Å². The molecule has 0 radical (unpaired) electrons. The van der Waals surface area contributed by atoms with Crippen LogP contribution in [0.15, 0.2) is 53.0 Å². The van der Waals surface area contributed by atoms with Crippen LogP contribution in [0.3, 0.4) is 0 Å². The summed E-state index contributed by atoms with van der Waals surface area (Å²) >= 11 is 12.9. The van der Waals surface area contributed by atoms with Crippen molar-refractivity contribution in [2.24, 2.45) is 11.1 Å². The summed E-state index contributed by atoms with van der Waals surface area (Å²) in [6, 6.07) is 11.9. The quantitative estimate of drug-likeness (QED) is 0.463. The highest BCUT2D eigenvalue weighted by Gasteiger charge is 2.45. The molecule has 204 valence electrons. The molecule has 8 heteroatoms. The number of carbonyl (C=O) groups excluding carboxylic acids is 1. The normalized spacial score (nSPS) is 21.7. The number of ketones is 1. The van der Waals surface area contributed by atoms with Crippen molar-refractivity contribution in [1.82, 2.24) is 4.90 Å². The van der Waals surface area contributed by atoms with E-state index in [1.165, 1.54) is 5.56 Å². The van der Waals surface area contributed by atoms with Crippen LogP contribution < -0.4 is 10.6 Å². The molecule has 5 rings (SSSR count). The van der Waals surface area contributed by atoms with Crippen LogP contribution >= 0.6 is 23.2 Å². The molecule has 1 atom stereocenters. The molecule has 0 bridgehead atoms. The molecule has 2 heterocycles. The van der Waals surface area contributed by atoms with Crippen LogP contribution in [-0.4, -0.2) is 37.0 Å². The molecule has 0 saturated carbocycles. The third kappa shape index (κ3) is 5.21. The van der Waals surface area contributed by atoms with E-state index >= 15 is 0 Å². The number of ether oxygens (including phenoxy) is 1. The summed E-state index contributed by atoms with van der Waals surface area (Å²) in [6.45, 7) is 12.3. The molecule has 0 unspecified atom stereocenters. The Morgan fingerprint density at radius 3 is 2.51 bits per heavy atom. The minimum absolute atomic E-state index is 0.0391. The van der Waals surface area contributed by atoms with Crippen LogP contribution in [0.5, 0.6) is 0 Å². The zero-order valence-electron chi connectivity index (χ0n) is 22.9. The number of benzene rings is 2. The SMILES string of the molecule is Cc1cc(CN2CCOCC2)c(C)c([C@H]2C(C#N)=C(N)N(c3ccc(Cl)cc3Cl)C3=C2C(=O)CC(C)(C)C3)c1. The number of morpholine rings is 1. The van der Waals surface area contributed by atoms with Gasteiger partial charge in [-0.2, -0.15) is 5.26 Å². The topological polar surface area (TPSA) is 82.6 Å². The number of hydrogen-bond acceptors (Lipinski definition) is 6. The summed E-state index contributed by atoms with van der Waals surface area (Å²) in [5.74, 6) is -0.205. The van der Waals surface area contributed by atoms with Crippen molar-refractivity contribution in [3.63, 3.8) is 0 Å². The lowest BCUT2D eigenvalue weighted by Gasteiger charge is -2.44. The number of carbonyl (C=O) groups is 1. The summed E-state index contributed by atoms with van der Waals surface area (Å²) in [6.07, 6.45) is 1.02. The summed E-state index contributed by atoms with van der Waals surface area (Å²) < 4.78 is 5.54. The predicted molar refractivity (Wildman–Crippen MR) is 156 cm³/mol. The number of allylic oxidation sites excluding steroid dienone is 3. The lowest BCUT2D eigenvalue weighted by Crippen LogP contribution is -2.42. The molecule has 39 heavy (non-hydrogen) atoms. The molecule has 2 N–H and O–H groups in total. The summed E-state index contributed by atoms with van der Waals surface area (Å²) in [5.41, 5.74) is 13.3. The maximum Gasteiger partial charge on any atom is 0.162 e. The first-order valence-electron chi connectivity index (χ1n) is 13.3. The van der Waals surface area contributed by atoms with Crippen molar-refractivity contribution in [3.8, 4) is 6.07 Å². The van der Waals surface area contributed by atoms with E-state index in [2.05, 4.69) is 50.8 Å². The van der Waals surface area contributed by atoms with Gasteiger partial charge in [0, 0.05) is 42.3 Å². The second-order valence-electron chi connectivity index (χ2n) is 11.6. The molecular formula is C31H34Cl2N4O2. The summed E-state index contributed by atoms with van der Waals surface area (Å²) in [4.78, 5) is 18.2. The van der Waals surface area contributed by atoms with Crippen molar-refractivity contribution < 1.29 is 9.53 Å². The zero-order chi connectivity index (χ0) is 28.1. The van der Waals surface area contributed by atoms with Crippen molar-refractivity contribution >= 4 is 34.7 Å². The highest BCUT2D eigenvalue weighted by atomic mass is 35.5.